The average Bonchev–Trinajstić information content (AvgIpc) is 2.25. The number of likely N-dealkylation sites (N-methyl/N-ethyl adjacent to an activating group) is 1. The largest absolute Gasteiger partial charge is 0.310 e. The lowest BCUT2D eigenvalue weighted by Gasteiger charge is -2.16. The van der Waals surface area contributed by atoms with Crippen molar-refractivity contribution in [2.75, 3.05) is 7.05 Å². The average molecular weight is 219 g/mol. The highest BCUT2D eigenvalue weighted by Gasteiger charge is 2.12. The Balaban J connectivity index is 3.17. The molecule has 1 rings (SSSR count). The Labute approximate surface area is 98.0 Å². The molecule has 0 radical (unpaired) electrons. The lowest BCUT2D eigenvalue weighted by molar-refractivity contribution is 0.684. The number of aryl methyl sites for hydroxylation is 2. The maximum Gasteiger partial charge on any atom is 0.0679 e. The van der Waals surface area contributed by atoms with E-state index in [2.05, 4.69) is 48.4 Å². The summed E-state index contributed by atoms with van der Waals surface area (Å²) >= 11 is 0. The first kappa shape index (κ1) is 12.8. The molecule has 0 aliphatic carbocycles. The third kappa shape index (κ3) is 3.14. The first-order valence-corrected chi connectivity index (χ1v) is 5.73. The highest BCUT2D eigenvalue weighted by molar-refractivity contribution is 5.29. The highest BCUT2D eigenvalue weighted by atomic mass is 15.1. The van der Waals surface area contributed by atoms with Gasteiger partial charge in [0.25, 0.3) is 0 Å². The third-order valence-corrected chi connectivity index (χ3v) is 2.51. The minimum atomic E-state index is 0.231. The van der Waals surface area contributed by atoms with Crippen molar-refractivity contribution in [1.29, 1.82) is 0 Å². The Morgan fingerprint density at radius 1 is 1.44 bits per heavy atom. The van der Waals surface area contributed by atoms with Crippen molar-refractivity contribution in [3.05, 3.63) is 34.7 Å². The zero-order chi connectivity index (χ0) is 12.1. The van der Waals surface area contributed by atoms with Gasteiger partial charge in [0.15, 0.2) is 0 Å². The van der Waals surface area contributed by atoms with Crippen LogP contribution in [0.2, 0.25) is 0 Å². The third-order valence-electron chi connectivity index (χ3n) is 2.51. The predicted octanol–water partition coefficient (Wildman–Crippen LogP) is 2.57. The van der Waals surface area contributed by atoms with Crippen LogP contribution in [0.15, 0.2) is 17.7 Å². The van der Waals surface area contributed by atoms with Crippen LogP contribution < -0.4 is 5.32 Å². The van der Waals surface area contributed by atoms with Gasteiger partial charge in [-0.2, -0.15) is 10.2 Å². The SMILES string of the molecule is CCc1nnc(C)cc1C(C=C(C)C)NC. The summed E-state index contributed by atoms with van der Waals surface area (Å²) in [5.41, 5.74) is 4.58. The van der Waals surface area contributed by atoms with Crippen LogP contribution in [-0.2, 0) is 6.42 Å². The molecule has 1 unspecified atom stereocenters. The molecular weight excluding hydrogens is 198 g/mol. The molecule has 1 aromatic rings. The minimum absolute atomic E-state index is 0.231. The van der Waals surface area contributed by atoms with Gasteiger partial charge < -0.3 is 5.32 Å². The lowest BCUT2D eigenvalue weighted by atomic mass is 10.0. The molecule has 1 heterocycles. The van der Waals surface area contributed by atoms with E-state index in [1.165, 1.54) is 11.1 Å². The zero-order valence-corrected chi connectivity index (χ0v) is 10.8. The van der Waals surface area contributed by atoms with E-state index < -0.39 is 0 Å². The van der Waals surface area contributed by atoms with Gasteiger partial charge in [-0.05, 0) is 45.9 Å². The summed E-state index contributed by atoms with van der Waals surface area (Å²) in [6.07, 6.45) is 3.13. The topological polar surface area (TPSA) is 37.8 Å². The highest BCUT2D eigenvalue weighted by Crippen LogP contribution is 2.19. The fourth-order valence-corrected chi connectivity index (χ4v) is 1.74. The fourth-order valence-electron chi connectivity index (χ4n) is 1.74. The second-order valence-corrected chi connectivity index (χ2v) is 4.25. The first-order chi connectivity index (χ1) is 7.58. The lowest BCUT2D eigenvalue weighted by Crippen LogP contribution is -2.17. The van der Waals surface area contributed by atoms with Gasteiger partial charge in [-0.15, -0.1) is 0 Å². The summed E-state index contributed by atoms with van der Waals surface area (Å²) in [6, 6.07) is 2.35. The first-order valence-electron chi connectivity index (χ1n) is 5.73. The molecule has 88 valence electrons. The molecule has 0 spiro atoms. The van der Waals surface area contributed by atoms with Crippen molar-refractivity contribution in [1.82, 2.24) is 15.5 Å². The quantitative estimate of drug-likeness (QED) is 0.791. The van der Waals surface area contributed by atoms with E-state index in [-0.39, 0.29) is 6.04 Å². The number of allylic oxidation sites excluding steroid dienone is 1. The van der Waals surface area contributed by atoms with Gasteiger partial charge in [0.2, 0.25) is 0 Å². The smallest absolute Gasteiger partial charge is 0.0679 e. The predicted molar refractivity (Wildman–Crippen MR) is 67.4 cm³/mol. The molecule has 1 aromatic heterocycles. The van der Waals surface area contributed by atoms with Crippen LogP contribution in [0.5, 0.6) is 0 Å². The molecule has 0 bridgehead atoms. The van der Waals surface area contributed by atoms with Crippen molar-refractivity contribution in [3.8, 4) is 0 Å². The maximum absolute atomic E-state index is 4.25. The van der Waals surface area contributed by atoms with E-state index >= 15 is 0 Å². The molecule has 0 amide bonds. The van der Waals surface area contributed by atoms with Gasteiger partial charge in [0.1, 0.15) is 0 Å². The molecule has 16 heavy (non-hydrogen) atoms. The Hall–Kier alpha value is -1.22. The van der Waals surface area contributed by atoms with Crippen LogP contribution in [0.1, 0.15) is 43.8 Å². The second-order valence-electron chi connectivity index (χ2n) is 4.25. The van der Waals surface area contributed by atoms with Crippen LogP contribution in [0.3, 0.4) is 0 Å². The van der Waals surface area contributed by atoms with Crippen LogP contribution >= 0.6 is 0 Å². The van der Waals surface area contributed by atoms with E-state index in [4.69, 9.17) is 0 Å². The van der Waals surface area contributed by atoms with Crippen molar-refractivity contribution in [2.45, 2.75) is 40.2 Å². The molecule has 0 fully saturated rings. The number of aromatic nitrogens is 2. The Morgan fingerprint density at radius 3 is 2.62 bits per heavy atom. The number of hydrogen-bond donors (Lipinski definition) is 1. The van der Waals surface area contributed by atoms with Crippen molar-refractivity contribution in [3.63, 3.8) is 0 Å². The van der Waals surface area contributed by atoms with E-state index in [1.54, 1.807) is 0 Å². The molecule has 1 atom stereocenters. The van der Waals surface area contributed by atoms with Crippen LogP contribution in [0.25, 0.3) is 0 Å². The second kappa shape index (κ2) is 5.75. The molecule has 3 heteroatoms. The normalized spacial score (nSPS) is 12.3. The van der Waals surface area contributed by atoms with Gasteiger partial charge >= 0.3 is 0 Å². The van der Waals surface area contributed by atoms with Gasteiger partial charge in [-0.25, -0.2) is 0 Å². The monoisotopic (exact) mass is 219 g/mol. The van der Waals surface area contributed by atoms with E-state index in [9.17, 15) is 0 Å². The van der Waals surface area contributed by atoms with Crippen LogP contribution in [-0.4, -0.2) is 17.2 Å². The molecule has 3 nitrogen and oxygen atoms in total. The van der Waals surface area contributed by atoms with Crippen molar-refractivity contribution < 1.29 is 0 Å². The Bertz CT molecular complexity index is 379. The summed E-state index contributed by atoms with van der Waals surface area (Å²) in [4.78, 5) is 0. The molecular formula is C13H21N3. The zero-order valence-electron chi connectivity index (χ0n) is 10.8. The molecule has 0 aromatic carbocycles. The summed E-state index contributed by atoms with van der Waals surface area (Å²) in [5.74, 6) is 0. The molecule has 0 saturated heterocycles. The van der Waals surface area contributed by atoms with E-state index in [0.29, 0.717) is 0 Å². The fraction of sp³-hybridized carbons (Fsp3) is 0.538. The van der Waals surface area contributed by atoms with Gasteiger partial charge in [-0.3, -0.25) is 0 Å². The van der Waals surface area contributed by atoms with E-state index in [0.717, 1.165) is 17.8 Å². The molecule has 0 aliphatic rings. The van der Waals surface area contributed by atoms with Crippen LogP contribution in [0, 0.1) is 6.92 Å². The maximum atomic E-state index is 4.25. The number of nitrogens with zero attached hydrogens (tertiary/aromatic N) is 2. The summed E-state index contributed by atoms with van der Waals surface area (Å²) in [6.45, 7) is 8.30. The number of rotatable bonds is 4. The number of hydrogen-bond acceptors (Lipinski definition) is 3. The standard InChI is InChI=1S/C13H21N3/c1-6-12-11(8-10(4)15-16-12)13(14-5)7-9(2)3/h7-8,13-14H,6H2,1-5H3. The summed E-state index contributed by atoms with van der Waals surface area (Å²) in [7, 11) is 1.97. The van der Waals surface area contributed by atoms with Gasteiger partial charge in [0, 0.05) is 0 Å². The molecule has 0 saturated carbocycles. The Kier molecular flexibility index (Phi) is 4.62. The van der Waals surface area contributed by atoms with Gasteiger partial charge in [0.05, 0.1) is 17.4 Å². The molecule has 0 aliphatic heterocycles. The number of nitrogens with one attached hydrogen (secondary N) is 1. The summed E-state index contributed by atoms with van der Waals surface area (Å²) in [5, 5.41) is 11.7. The van der Waals surface area contributed by atoms with Gasteiger partial charge in [-0.1, -0.05) is 18.6 Å². The van der Waals surface area contributed by atoms with E-state index in [1.807, 2.05) is 14.0 Å². The van der Waals surface area contributed by atoms with Crippen LogP contribution in [0.4, 0.5) is 0 Å². The Morgan fingerprint density at radius 2 is 2.12 bits per heavy atom. The van der Waals surface area contributed by atoms with Crippen molar-refractivity contribution in [2.24, 2.45) is 0 Å². The minimum Gasteiger partial charge on any atom is -0.310 e. The summed E-state index contributed by atoms with van der Waals surface area (Å²) < 4.78 is 0. The van der Waals surface area contributed by atoms with Crippen molar-refractivity contribution >= 4 is 0 Å². The molecule has 1 N–H and O–H groups in total.